The molecule has 2 N–H and O–H groups in total. The highest BCUT2D eigenvalue weighted by molar-refractivity contribution is 5.99. The van der Waals surface area contributed by atoms with Crippen LogP contribution in [0.25, 0.3) is 0 Å². The van der Waals surface area contributed by atoms with Crippen molar-refractivity contribution < 1.29 is 19.4 Å². The maximum absolute atomic E-state index is 12.2. The van der Waals surface area contributed by atoms with Gasteiger partial charge in [0.25, 0.3) is 0 Å². The first-order valence-corrected chi connectivity index (χ1v) is 6.48. The zero-order valence-electron chi connectivity index (χ0n) is 11.1. The van der Waals surface area contributed by atoms with Gasteiger partial charge in [0.1, 0.15) is 5.75 Å². The van der Waals surface area contributed by atoms with Crippen LogP contribution in [0.3, 0.4) is 0 Å². The summed E-state index contributed by atoms with van der Waals surface area (Å²) in [7, 11) is 0. The molecule has 1 aliphatic rings. The molecule has 5 heteroatoms. The van der Waals surface area contributed by atoms with Gasteiger partial charge in [-0.1, -0.05) is 42.5 Å². The summed E-state index contributed by atoms with van der Waals surface area (Å²) in [6.45, 7) is 0. The summed E-state index contributed by atoms with van der Waals surface area (Å²) in [5.41, 5.74) is 0.236. The molecule has 21 heavy (non-hydrogen) atoms. The zero-order valence-corrected chi connectivity index (χ0v) is 11.1. The maximum atomic E-state index is 12.2. The van der Waals surface area contributed by atoms with Crippen molar-refractivity contribution in [3.8, 4) is 5.75 Å². The number of carbonyl (C=O) groups excluding carboxylic acids is 2. The number of phenolic OH excluding ortho intramolecular Hbond substituents is 1. The molecule has 1 fully saturated rings. The highest BCUT2D eigenvalue weighted by Gasteiger charge is 2.50. The number of benzene rings is 2. The van der Waals surface area contributed by atoms with Gasteiger partial charge in [0, 0.05) is 6.42 Å². The summed E-state index contributed by atoms with van der Waals surface area (Å²) >= 11 is 0. The summed E-state index contributed by atoms with van der Waals surface area (Å²) in [6, 6.07) is 15.5. The first-order valence-electron chi connectivity index (χ1n) is 6.48. The normalized spacial score (nSPS) is 21.0. The molecule has 0 spiro atoms. The van der Waals surface area contributed by atoms with Crippen LogP contribution in [-0.2, 0) is 21.5 Å². The van der Waals surface area contributed by atoms with E-state index in [0.29, 0.717) is 5.56 Å². The predicted molar refractivity (Wildman–Crippen MR) is 74.6 cm³/mol. The molecular weight excluding hydrogens is 270 g/mol. The van der Waals surface area contributed by atoms with Crippen LogP contribution >= 0.6 is 0 Å². The molecule has 0 saturated carbocycles. The number of amides is 1. The SMILES string of the molecule is O=C1NC(Cc2ccc(O)cc2)(c2ccccc2)C(=O)O1. The van der Waals surface area contributed by atoms with Crippen LogP contribution in [0.5, 0.6) is 5.75 Å². The Bertz CT molecular complexity index is 681. The summed E-state index contributed by atoms with van der Waals surface area (Å²) in [5.74, 6) is -0.475. The van der Waals surface area contributed by atoms with Gasteiger partial charge in [-0.25, -0.2) is 9.59 Å². The molecule has 0 aromatic heterocycles. The summed E-state index contributed by atoms with van der Waals surface area (Å²) < 4.78 is 4.69. The van der Waals surface area contributed by atoms with Crippen LogP contribution < -0.4 is 5.32 Å². The van der Waals surface area contributed by atoms with E-state index in [1.165, 1.54) is 12.1 Å². The molecule has 2 aromatic rings. The average molecular weight is 283 g/mol. The number of phenols is 1. The van der Waals surface area contributed by atoms with Gasteiger partial charge in [0.05, 0.1) is 0 Å². The van der Waals surface area contributed by atoms with E-state index in [9.17, 15) is 14.7 Å². The Labute approximate surface area is 121 Å². The summed E-state index contributed by atoms with van der Waals surface area (Å²) in [6.07, 6.45) is -0.496. The number of hydrogen-bond donors (Lipinski definition) is 2. The molecule has 0 radical (unpaired) electrons. The Balaban J connectivity index is 2.03. The van der Waals surface area contributed by atoms with E-state index in [2.05, 4.69) is 10.1 Å². The van der Waals surface area contributed by atoms with Crippen molar-refractivity contribution in [2.75, 3.05) is 0 Å². The van der Waals surface area contributed by atoms with Crippen LogP contribution in [0.4, 0.5) is 4.79 Å². The fourth-order valence-corrected chi connectivity index (χ4v) is 2.47. The van der Waals surface area contributed by atoms with Gasteiger partial charge in [0.2, 0.25) is 0 Å². The largest absolute Gasteiger partial charge is 0.508 e. The van der Waals surface area contributed by atoms with E-state index in [1.807, 2.05) is 6.07 Å². The molecular formula is C16H13NO4. The monoisotopic (exact) mass is 283 g/mol. The van der Waals surface area contributed by atoms with Gasteiger partial charge in [-0.15, -0.1) is 0 Å². The second kappa shape index (κ2) is 4.94. The highest BCUT2D eigenvalue weighted by atomic mass is 16.6. The molecule has 3 rings (SSSR count). The molecule has 1 heterocycles. The third kappa shape index (κ3) is 2.33. The number of rotatable bonds is 3. The molecule has 1 unspecified atom stereocenters. The van der Waals surface area contributed by atoms with Crippen LogP contribution in [-0.4, -0.2) is 17.2 Å². The van der Waals surface area contributed by atoms with Crippen molar-refractivity contribution in [2.24, 2.45) is 0 Å². The number of hydrogen-bond acceptors (Lipinski definition) is 4. The smallest absolute Gasteiger partial charge is 0.416 e. The quantitative estimate of drug-likeness (QED) is 0.668. The van der Waals surface area contributed by atoms with E-state index in [-0.39, 0.29) is 12.2 Å². The van der Waals surface area contributed by atoms with Crippen LogP contribution in [0.1, 0.15) is 11.1 Å². The van der Waals surface area contributed by atoms with Gasteiger partial charge in [-0.2, -0.15) is 0 Å². The van der Waals surface area contributed by atoms with E-state index in [1.54, 1.807) is 36.4 Å². The predicted octanol–water partition coefficient (Wildman–Crippen LogP) is 2.10. The van der Waals surface area contributed by atoms with Crippen molar-refractivity contribution in [1.82, 2.24) is 5.32 Å². The second-order valence-corrected chi connectivity index (χ2v) is 4.92. The molecule has 106 valence electrons. The van der Waals surface area contributed by atoms with Gasteiger partial charge in [-0.05, 0) is 23.3 Å². The number of nitrogens with one attached hydrogen (secondary N) is 1. The van der Waals surface area contributed by atoms with Crippen molar-refractivity contribution in [2.45, 2.75) is 12.0 Å². The molecule has 2 aromatic carbocycles. The molecule has 0 aliphatic carbocycles. The van der Waals surface area contributed by atoms with E-state index in [4.69, 9.17) is 0 Å². The summed E-state index contributed by atoms with van der Waals surface area (Å²) in [5, 5.41) is 12.0. The maximum Gasteiger partial charge on any atom is 0.416 e. The van der Waals surface area contributed by atoms with Crippen molar-refractivity contribution in [1.29, 1.82) is 0 Å². The Morgan fingerprint density at radius 3 is 2.24 bits per heavy atom. The molecule has 1 amide bonds. The molecule has 0 bridgehead atoms. The third-order valence-electron chi connectivity index (χ3n) is 3.52. The number of aromatic hydroxyl groups is 1. The van der Waals surface area contributed by atoms with Crippen molar-refractivity contribution >= 4 is 12.1 Å². The van der Waals surface area contributed by atoms with Crippen molar-refractivity contribution in [3.63, 3.8) is 0 Å². The number of esters is 1. The first kappa shape index (κ1) is 13.2. The zero-order chi connectivity index (χ0) is 14.9. The molecule has 1 aliphatic heterocycles. The lowest BCUT2D eigenvalue weighted by Gasteiger charge is -2.25. The van der Waals surface area contributed by atoms with Crippen LogP contribution in [0.2, 0.25) is 0 Å². The topological polar surface area (TPSA) is 75.6 Å². The van der Waals surface area contributed by atoms with Gasteiger partial charge >= 0.3 is 12.1 Å². The minimum atomic E-state index is -1.23. The molecule has 1 saturated heterocycles. The van der Waals surface area contributed by atoms with Gasteiger partial charge < -0.3 is 15.2 Å². The number of alkyl carbamates (subject to hydrolysis) is 1. The third-order valence-corrected chi connectivity index (χ3v) is 3.52. The van der Waals surface area contributed by atoms with E-state index >= 15 is 0 Å². The van der Waals surface area contributed by atoms with E-state index in [0.717, 1.165) is 5.56 Å². The number of ether oxygens (including phenoxy) is 1. The Kier molecular flexibility index (Phi) is 3.10. The minimum Gasteiger partial charge on any atom is -0.508 e. The lowest BCUT2D eigenvalue weighted by Crippen LogP contribution is -2.45. The standard InChI is InChI=1S/C16H13NO4/c18-13-8-6-11(7-9-13)10-16(12-4-2-1-3-5-12)14(19)21-15(20)17-16/h1-9,18H,10H2,(H,17,20). The Morgan fingerprint density at radius 2 is 1.67 bits per heavy atom. The van der Waals surface area contributed by atoms with Crippen LogP contribution in [0, 0.1) is 0 Å². The fourth-order valence-electron chi connectivity index (χ4n) is 2.47. The lowest BCUT2D eigenvalue weighted by atomic mass is 9.84. The molecule has 1 atom stereocenters. The minimum absolute atomic E-state index is 0.144. The Hall–Kier alpha value is -2.82. The molecule has 5 nitrogen and oxygen atoms in total. The van der Waals surface area contributed by atoms with Gasteiger partial charge in [0.15, 0.2) is 5.54 Å². The number of cyclic esters (lactones) is 2. The number of carbonyl (C=O) groups is 2. The first-order chi connectivity index (χ1) is 10.1. The lowest BCUT2D eigenvalue weighted by molar-refractivity contribution is -0.139. The highest BCUT2D eigenvalue weighted by Crippen LogP contribution is 2.31. The Morgan fingerprint density at radius 1 is 1.00 bits per heavy atom. The summed E-state index contributed by atoms with van der Waals surface area (Å²) in [4.78, 5) is 23.7. The van der Waals surface area contributed by atoms with E-state index < -0.39 is 17.6 Å². The second-order valence-electron chi connectivity index (χ2n) is 4.92. The van der Waals surface area contributed by atoms with Crippen molar-refractivity contribution in [3.05, 3.63) is 65.7 Å². The van der Waals surface area contributed by atoms with Crippen LogP contribution in [0.15, 0.2) is 54.6 Å². The fraction of sp³-hybridized carbons (Fsp3) is 0.125. The van der Waals surface area contributed by atoms with Gasteiger partial charge in [-0.3, -0.25) is 0 Å². The average Bonchev–Trinajstić information content (AvgIpc) is 2.77.